The standard InChI is InChI=1S/C9H7BrO4/c1-5(11)14-6-2-3-8(10)7(4-6)9(12)13/h2-4H,1H3,(H,12,13). The lowest BCUT2D eigenvalue weighted by Crippen LogP contribution is -2.03. The summed E-state index contributed by atoms with van der Waals surface area (Å²) in [4.78, 5) is 21.3. The molecule has 0 bridgehead atoms. The molecule has 74 valence electrons. The fourth-order valence-electron chi connectivity index (χ4n) is 0.898. The average molecular weight is 259 g/mol. The molecule has 0 unspecified atom stereocenters. The van der Waals surface area contributed by atoms with Gasteiger partial charge in [0.15, 0.2) is 0 Å². The minimum Gasteiger partial charge on any atom is -0.478 e. The molecule has 1 aromatic rings. The highest BCUT2D eigenvalue weighted by molar-refractivity contribution is 9.10. The van der Waals surface area contributed by atoms with Crippen LogP contribution < -0.4 is 4.74 Å². The Morgan fingerprint density at radius 2 is 2.07 bits per heavy atom. The Balaban J connectivity index is 3.06. The molecule has 0 radical (unpaired) electrons. The van der Waals surface area contributed by atoms with Gasteiger partial charge in [-0.2, -0.15) is 0 Å². The van der Waals surface area contributed by atoms with Crippen LogP contribution in [0.1, 0.15) is 17.3 Å². The van der Waals surface area contributed by atoms with Gasteiger partial charge in [-0.25, -0.2) is 4.79 Å². The lowest BCUT2D eigenvalue weighted by Gasteiger charge is -2.03. The second-order valence-electron chi connectivity index (χ2n) is 2.54. The molecule has 0 aliphatic carbocycles. The molecule has 0 aliphatic rings. The number of carboxylic acids is 1. The number of carbonyl (C=O) groups excluding carboxylic acids is 1. The maximum Gasteiger partial charge on any atom is 0.336 e. The molecule has 0 aliphatic heterocycles. The van der Waals surface area contributed by atoms with Crippen LogP contribution >= 0.6 is 15.9 Å². The van der Waals surface area contributed by atoms with Crippen molar-refractivity contribution >= 4 is 27.9 Å². The summed E-state index contributed by atoms with van der Waals surface area (Å²) in [6.45, 7) is 1.25. The fraction of sp³-hybridized carbons (Fsp3) is 0.111. The maximum atomic E-state index is 10.7. The van der Waals surface area contributed by atoms with Crippen LogP contribution in [0, 0.1) is 0 Å². The van der Waals surface area contributed by atoms with Crippen LogP contribution in [-0.4, -0.2) is 17.0 Å². The van der Waals surface area contributed by atoms with E-state index < -0.39 is 11.9 Å². The second kappa shape index (κ2) is 4.23. The van der Waals surface area contributed by atoms with Crippen molar-refractivity contribution in [2.45, 2.75) is 6.92 Å². The Labute approximate surface area is 88.6 Å². The van der Waals surface area contributed by atoms with Crippen molar-refractivity contribution in [2.75, 3.05) is 0 Å². The van der Waals surface area contributed by atoms with Gasteiger partial charge >= 0.3 is 11.9 Å². The van der Waals surface area contributed by atoms with Gasteiger partial charge < -0.3 is 9.84 Å². The molecule has 0 aromatic heterocycles. The number of rotatable bonds is 2. The third kappa shape index (κ3) is 2.56. The number of esters is 1. The summed E-state index contributed by atoms with van der Waals surface area (Å²) in [6.07, 6.45) is 0. The van der Waals surface area contributed by atoms with E-state index in [9.17, 15) is 9.59 Å². The number of ether oxygens (including phenoxy) is 1. The number of carbonyl (C=O) groups is 2. The zero-order valence-corrected chi connectivity index (χ0v) is 8.87. The first kappa shape index (κ1) is 10.7. The molecular formula is C9H7BrO4. The maximum absolute atomic E-state index is 10.7. The molecule has 1 aromatic carbocycles. The molecule has 0 saturated heterocycles. The molecule has 0 saturated carbocycles. The zero-order chi connectivity index (χ0) is 10.7. The van der Waals surface area contributed by atoms with Gasteiger partial charge in [-0.05, 0) is 34.1 Å². The van der Waals surface area contributed by atoms with Crippen molar-refractivity contribution in [3.05, 3.63) is 28.2 Å². The van der Waals surface area contributed by atoms with Gasteiger partial charge in [0.25, 0.3) is 0 Å². The smallest absolute Gasteiger partial charge is 0.336 e. The van der Waals surface area contributed by atoms with Gasteiger partial charge in [0.1, 0.15) is 5.75 Å². The molecule has 1 N–H and O–H groups in total. The van der Waals surface area contributed by atoms with Crippen molar-refractivity contribution in [1.82, 2.24) is 0 Å². The third-order valence-corrected chi connectivity index (χ3v) is 2.12. The summed E-state index contributed by atoms with van der Waals surface area (Å²) in [5, 5.41) is 8.75. The van der Waals surface area contributed by atoms with Gasteiger partial charge in [-0.15, -0.1) is 0 Å². The minimum atomic E-state index is -1.08. The lowest BCUT2D eigenvalue weighted by atomic mass is 10.2. The molecule has 0 heterocycles. The normalized spacial score (nSPS) is 9.57. The number of hydrogen-bond acceptors (Lipinski definition) is 3. The predicted molar refractivity (Wildman–Crippen MR) is 52.4 cm³/mol. The quantitative estimate of drug-likeness (QED) is 0.652. The van der Waals surface area contributed by atoms with E-state index in [0.717, 1.165) is 0 Å². The van der Waals surface area contributed by atoms with E-state index in [1.807, 2.05) is 0 Å². The Morgan fingerprint density at radius 3 is 2.57 bits per heavy atom. The summed E-state index contributed by atoms with van der Waals surface area (Å²) in [5.74, 6) is -1.34. The highest BCUT2D eigenvalue weighted by Crippen LogP contribution is 2.22. The molecule has 0 atom stereocenters. The third-order valence-electron chi connectivity index (χ3n) is 1.43. The highest BCUT2D eigenvalue weighted by atomic mass is 79.9. The summed E-state index contributed by atoms with van der Waals surface area (Å²) in [6, 6.07) is 4.31. The van der Waals surface area contributed by atoms with E-state index in [1.165, 1.54) is 25.1 Å². The van der Waals surface area contributed by atoms with Gasteiger partial charge in [-0.1, -0.05) is 0 Å². The molecule has 0 spiro atoms. The molecule has 0 fully saturated rings. The van der Waals surface area contributed by atoms with Crippen molar-refractivity contribution in [1.29, 1.82) is 0 Å². The Morgan fingerprint density at radius 1 is 1.43 bits per heavy atom. The average Bonchev–Trinajstić information content (AvgIpc) is 2.07. The molecule has 14 heavy (non-hydrogen) atoms. The molecular weight excluding hydrogens is 252 g/mol. The van der Waals surface area contributed by atoms with Gasteiger partial charge in [-0.3, -0.25) is 4.79 Å². The van der Waals surface area contributed by atoms with Crippen molar-refractivity contribution in [2.24, 2.45) is 0 Å². The number of carboxylic acid groups (broad SMARTS) is 1. The van der Waals surface area contributed by atoms with Crippen LogP contribution in [0.3, 0.4) is 0 Å². The van der Waals surface area contributed by atoms with Gasteiger partial charge in [0, 0.05) is 11.4 Å². The van der Waals surface area contributed by atoms with Crippen LogP contribution in [0.4, 0.5) is 0 Å². The summed E-state index contributed by atoms with van der Waals surface area (Å²) in [7, 11) is 0. The predicted octanol–water partition coefficient (Wildman–Crippen LogP) is 2.07. The van der Waals surface area contributed by atoms with Crippen LogP contribution in [0.15, 0.2) is 22.7 Å². The molecule has 4 nitrogen and oxygen atoms in total. The first-order chi connectivity index (χ1) is 6.50. The number of aromatic carboxylic acids is 1. The van der Waals surface area contributed by atoms with Crippen molar-refractivity contribution in [3.63, 3.8) is 0 Å². The van der Waals surface area contributed by atoms with Crippen LogP contribution in [0.5, 0.6) is 5.75 Å². The monoisotopic (exact) mass is 258 g/mol. The number of benzene rings is 1. The number of hydrogen-bond donors (Lipinski definition) is 1. The number of halogens is 1. The van der Waals surface area contributed by atoms with E-state index in [-0.39, 0.29) is 11.3 Å². The van der Waals surface area contributed by atoms with Gasteiger partial charge in [0.2, 0.25) is 0 Å². The Hall–Kier alpha value is -1.36. The minimum absolute atomic E-state index is 0.0590. The van der Waals surface area contributed by atoms with Crippen molar-refractivity contribution < 1.29 is 19.4 Å². The molecule has 1 rings (SSSR count). The molecule has 0 amide bonds. The summed E-state index contributed by atoms with van der Waals surface area (Å²) >= 11 is 3.08. The van der Waals surface area contributed by atoms with E-state index >= 15 is 0 Å². The van der Waals surface area contributed by atoms with E-state index in [2.05, 4.69) is 15.9 Å². The van der Waals surface area contributed by atoms with Crippen LogP contribution in [-0.2, 0) is 4.79 Å². The van der Waals surface area contributed by atoms with E-state index in [4.69, 9.17) is 9.84 Å². The summed E-state index contributed by atoms with van der Waals surface area (Å²) in [5.41, 5.74) is 0.0590. The largest absolute Gasteiger partial charge is 0.478 e. The highest BCUT2D eigenvalue weighted by Gasteiger charge is 2.10. The summed E-state index contributed by atoms with van der Waals surface area (Å²) < 4.78 is 5.18. The van der Waals surface area contributed by atoms with Crippen LogP contribution in [0.2, 0.25) is 0 Å². The Bertz CT molecular complexity index is 386. The fourth-order valence-corrected chi connectivity index (χ4v) is 1.31. The van der Waals surface area contributed by atoms with Crippen molar-refractivity contribution in [3.8, 4) is 5.75 Å². The SMILES string of the molecule is CC(=O)Oc1ccc(Br)c(C(=O)O)c1. The lowest BCUT2D eigenvalue weighted by molar-refractivity contribution is -0.131. The van der Waals surface area contributed by atoms with E-state index in [1.54, 1.807) is 0 Å². The van der Waals surface area contributed by atoms with E-state index in [0.29, 0.717) is 4.47 Å². The zero-order valence-electron chi connectivity index (χ0n) is 7.28. The Kier molecular flexibility index (Phi) is 3.24. The van der Waals surface area contributed by atoms with Crippen LogP contribution in [0.25, 0.3) is 0 Å². The van der Waals surface area contributed by atoms with Gasteiger partial charge in [0.05, 0.1) is 5.56 Å². The first-order valence-electron chi connectivity index (χ1n) is 3.72. The topological polar surface area (TPSA) is 63.6 Å². The molecule has 5 heteroatoms. The second-order valence-corrected chi connectivity index (χ2v) is 3.39. The first-order valence-corrected chi connectivity index (χ1v) is 4.51.